The molecule has 0 fully saturated rings. The first-order valence-corrected chi connectivity index (χ1v) is 17.5. The van der Waals surface area contributed by atoms with Crippen LogP contribution >= 0.6 is 0 Å². The summed E-state index contributed by atoms with van der Waals surface area (Å²) in [4.78, 5) is 29.1. The number of benzene rings is 3. The number of sulfonamides is 1. The van der Waals surface area contributed by atoms with Crippen molar-refractivity contribution in [2.45, 2.75) is 88.5 Å². The number of anilines is 1. The number of β-amino-alcohol motifs (C(OH)–C–C–N with tert-alkyl or cyclic N) is 1. The second-order valence-corrected chi connectivity index (χ2v) is 15.6. The largest absolute Gasteiger partial charge is 0.497 e. The fourth-order valence-corrected chi connectivity index (χ4v) is 7.37. The second kappa shape index (κ2) is 15.2. The molecule has 0 bridgehead atoms. The molecule has 11 nitrogen and oxygen atoms in total. The zero-order valence-electron chi connectivity index (χ0n) is 28.5. The van der Waals surface area contributed by atoms with Gasteiger partial charge in [-0.1, -0.05) is 42.5 Å². The highest BCUT2D eigenvalue weighted by molar-refractivity contribution is 7.89. The monoisotopic (exact) mass is 680 g/mol. The van der Waals surface area contributed by atoms with Crippen molar-refractivity contribution in [2.24, 2.45) is 0 Å². The minimum atomic E-state index is -3.79. The van der Waals surface area contributed by atoms with Crippen molar-refractivity contribution in [2.75, 3.05) is 25.2 Å². The van der Waals surface area contributed by atoms with Crippen LogP contribution in [0.4, 0.5) is 5.69 Å². The van der Waals surface area contributed by atoms with Gasteiger partial charge in [0.05, 0.1) is 31.3 Å². The Morgan fingerprint density at radius 3 is 2.38 bits per heavy atom. The third kappa shape index (κ3) is 9.64. The Morgan fingerprint density at radius 2 is 1.73 bits per heavy atom. The molecule has 0 aliphatic carbocycles. The Bertz CT molecular complexity index is 1700. The van der Waals surface area contributed by atoms with Gasteiger partial charge < -0.3 is 30.5 Å². The molecule has 1 heterocycles. The summed E-state index contributed by atoms with van der Waals surface area (Å²) in [7, 11) is -2.20. The van der Waals surface area contributed by atoms with Gasteiger partial charge in [-0.25, -0.2) is 13.1 Å². The first-order valence-electron chi connectivity index (χ1n) is 16.1. The minimum absolute atomic E-state index is 0.0552. The molecule has 12 heteroatoms. The number of carbonyl (C=O) groups is 2. The molecule has 4 rings (SSSR count). The van der Waals surface area contributed by atoms with Crippen LogP contribution in [0, 0.1) is 0 Å². The Hall–Kier alpha value is -3.81. The first kappa shape index (κ1) is 37.0. The number of aryl methyl sites for hydroxylation is 1. The number of nitrogens with one attached hydrogen (secondary N) is 3. The van der Waals surface area contributed by atoms with E-state index in [1.54, 1.807) is 63.1 Å². The van der Waals surface area contributed by atoms with Gasteiger partial charge in [0.15, 0.2) is 0 Å². The van der Waals surface area contributed by atoms with E-state index in [-0.39, 0.29) is 42.8 Å². The van der Waals surface area contributed by atoms with Gasteiger partial charge in [-0.05, 0) is 88.4 Å². The van der Waals surface area contributed by atoms with E-state index in [1.807, 2.05) is 50.2 Å². The van der Waals surface area contributed by atoms with Gasteiger partial charge in [0.1, 0.15) is 11.8 Å². The molecule has 5 N–H and O–H groups in total. The van der Waals surface area contributed by atoms with Crippen molar-refractivity contribution in [3.8, 4) is 16.9 Å². The number of fused-ring (bicyclic) bond motifs is 1. The minimum Gasteiger partial charge on any atom is -0.497 e. The van der Waals surface area contributed by atoms with Crippen LogP contribution in [0.2, 0.25) is 0 Å². The lowest BCUT2D eigenvalue weighted by atomic mass is 9.99. The summed E-state index contributed by atoms with van der Waals surface area (Å²) in [6.07, 6.45) is 0.0452. The van der Waals surface area contributed by atoms with E-state index < -0.39 is 33.2 Å². The maximum Gasteiger partial charge on any atom is 0.249 e. The predicted molar refractivity (Wildman–Crippen MR) is 186 cm³/mol. The Morgan fingerprint density at radius 1 is 1.04 bits per heavy atom. The predicted octanol–water partition coefficient (Wildman–Crippen LogP) is 3.51. The molecule has 260 valence electrons. The van der Waals surface area contributed by atoms with Crippen molar-refractivity contribution in [1.82, 2.24) is 15.4 Å². The highest BCUT2D eigenvalue weighted by Crippen LogP contribution is 2.33. The number of aliphatic hydroxyl groups is 2. The molecule has 0 aromatic heterocycles. The van der Waals surface area contributed by atoms with Gasteiger partial charge in [-0.3, -0.25) is 9.59 Å². The van der Waals surface area contributed by atoms with Crippen molar-refractivity contribution >= 4 is 27.5 Å². The van der Waals surface area contributed by atoms with Crippen LogP contribution in [-0.2, 0) is 32.6 Å². The van der Waals surface area contributed by atoms with E-state index in [9.17, 15) is 23.1 Å². The lowest BCUT2D eigenvalue weighted by molar-refractivity contribution is -0.128. The molecular weight excluding hydrogens is 632 g/mol. The van der Waals surface area contributed by atoms with Crippen LogP contribution in [0.5, 0.6) is 5.75 Å². The van der Waals surface area contributed by atoms with Gasteiger partial charge in [-0.15, -0.1) is 0 Å². The van der Waals surface area contributed by atoms with Crippen LogP contribution in [-0.4, -0.2) is 73.9 Å². The van der Waals surface area contributed by atoms with Gasteiger partial charge in [-0.2, -0.15) is 0 Å². The quantitative estimate of drug-likeness (QED) is 0.184. The number of ether oxygens (including phenoxy) is 1. The molecule has 48 heavy (non-hydrogen) atoms. The Kier molecular flexibility index (Phi) is 11.7. The zero-order valence-corrected chi connectivity index (χ0v) is 29.4. The fraction of sp³-hybridized carbons (Fsp3) is 0.444. The molecule has 1 aliphatic rings. The molecule has 1 aliphatic heterocycles. The number of rotatable bonds is 13. The van der Waals surface area contributed by atoms with E-state index in [2.05, 4.69) is 15.4 Å². The summed E-state index contributed by atoms with van der Waals surface area (Å²) in [5, 5.41) is 24.9. The summed E-state index contributed by atoms with van der Waals surface area (Å²) >= 11 is 0. The fourth-order valence-electron chi connectivity index (χ4n) is 5.72. The van der Waals surface area contributed by atoms with E-state index in [0.717, 1.165) is 16.8 Å². The zero-order chi connectivity index (χ0) is 35.3. The SMILES string of the molecule is COc1ccc2c(c1)CC[C@@H](NC(=O)CC(C)(C)NC[C@H](O)CO)C(=O)N2Cc1ccc(-c2ccccc2S(=O)(=O)NC(C)(C)C)cc1. The van der Waals surface area contributed by atoms with Gasteiger partial charge in [0.2, 0.25) is 21.8 Å². The number of hydrogen-bond acceptors (Lipinski definition) is 8. The van der Waals surface area contributed by atoms with Crippen LogP contribution < -0.4 is 25.0 Å². The van der Waals surface area contributed by atoms with E-state index >= 15 is 0 Å². The van der Waals surface area contributed by atoms with Crippen molar-refractivity contribution < 1.29 is 33.0 Å². The van der Waals surface area contributed by atoms with Crippen molar-refractivity contribution in [3.63, 3.8) is 0 Å². The Balaban J connectivity index is 1.58. The van der Waals surface area contributed by atoms with Gasteiger partial charge >= 0.3 is 0 Å². The number of methoxy groups -OCH3 is 1. The standard InChI is InChI=1S/C36H48N4O7S/c1-35(2,3)39-48(45,46)32-10-8-7-9-29(32)25-13-11-24(12-14-25)22-40-31-18-16-28(47-6)19-26(31)15-17-30(34(40)44)38-33(43)20-36(4,5)37-21-27(42)23-41/h7-14,16,18-19,27,30,37,39,41-42H,15,17,20-23H2,1-6H3,(H,38,43)/t27-,30+/m0/s1. The summed E-state index contributed by atoms with van der Waals surface area (Å²) in [6, 6.07) is 19.1. The summed E-state index contributed by atoms with van der Waals surface area (Å²) in [5.41, 5.74) is 2.41. The molecule has 0 saturated heterocycles. The molecular formula is C36H48N4O7S. The topological polar surface area (TPSA) is 157 Å². The molecule has 0 unspecified atom stereocenters. The molecule has 2 amide bonds. The van der Waals surface area contributed by atoms with Crippen molar-refractivity contribution in [1.29, 1.82) is 0 Å². The normalized spacial score (nSPS) is 16.2. The lowest BCUT2D eigenvalue weighted by Crippen LogP contribution is -2.51. The molecule has 3 aromatic rings. The lowest BCUT2D eigenvalue weighted by Gasteiger charge is -2.29. The number of hydrogen-bond donors (Lipinski definition) is 5. The third-order valence-corrected chi connectivity index (χ3v) is 9.85. The first-order chi connectivity index (χ1) is 22.5. The van der Waals surface area contributed by atoms with Gasteiger partial charge in [0.25, 0.3) is 0 Å². The summed E-state index contributed by atoms with van der Waals surface area (Å²) in [5.74, 6) is 0.106. The van der Waals surface area contributed by atoms with Gasteiger partial charge in [0, 0.05) is 35.3 Å². The second-order valence-electron chi connectivity index (χ2n) is 13.9. The highest BCUT2D eigenvalue weighted by Gasteiger charge is 2.33. The maximum atomic E-state index is 14.1. The van der Waals surface area contributed by atoms with Crippen LogP contribution in [0.1, 0.15) is 58.6 Å². The average Bonchev–Trinajstić information content (AvgIpc) is 3.14. The Labute approximate surface area is 283 Å². The molecule has 3 aromatic carbocycles. The number of carbonyl (C=O) groups excluding carboxylic acids is 2. The van der Waals surface area contributed by atoms with Crippen molar-refractivity contribution in [3.05, 3.63) is 77.9 Å². The van der Waals surface area contributed by atoms with E-state index in [1.165, 1.54) is 0 Å². The molecule has 2 atom stereocenters. The molecule has 0 radical (unpaired) electrons. The van der Waals surface area contributed by atoms with Crippen LogP contribution in [0.25, 0.3) is 11.1 Å². The van der Waals surface area contributed by atoms with Crippen LogP contribution in [0.15, 0.2) is 71.6 Å². The van der Waals surface area contributed by atoms with Crippen LogP contribution in [0.3, 0.4) is 0 Å². The number of aliphatic hydroxyl groups excluding tert-OH is 2. The summed E-state index contributed by atoms with van der Waals surface area (Å²) in [6.45, 7) is 8.97. The van der Waals surface area contributed by atoms with E-state index in [4.69, 9.17) is 9.84 Å². The molecule has 0 spiro atoms. The maximum absolute atomic E-state index is 14.1. The molecule has 0 saturated carbocycles. The third-order valence-electron chi connectivity index (χ3n) is 8.03. The number of nitrogens with zero attached hydrogens (tertiary/aromatic N) is 1. The van der Waals surface area contributed by atoms with E-state index in [0.29, 0.717) is 29.7 Å². The summed E-state index contributed by atoms with van der Waals surface area (Å²) < 4.78 is 34.7. The average molecular weight is 681 g/mol. The smallest absolute Gasteiger partial charge is 0.249 e. The number of amides is 2. The highest BCUT2D eigenvalue weighted by atomic mass is 32.2.